The molecule has 102 valence electrons. The zero-order valence-electron chi connectivity index (χ0n) is 11.0. The molecule has 0 spiro atoms. The minimum absolute atomic E-state index is 0.652. The van der Waals surface area contributed by atoms with Crippen molar-refractivity contribution >= 4 is 11.5 Å². The first-order chi connectivity index (χ1) is 9.90. The molecule has 1 aliphatic rings. The number of fused-ring (bicyclic) bond motifs is 2. The predicted molar refractivity (Wildman–Crippen MR) is 73.3 cm³/mol. The average Bonchev–Trinajstić information content (AvgIpc) is 3.11. The van der Waals surface area contributed by atoms with Crippen LogP contribution in [0.2, 0.25) is 0 Å². The zero-order chi connectivity index (χ0) is 13.4. The highest BCUT2D eigenvalue weighted by Crippen LogP contribution is 2.16. The summed E-state index contributed by atoms with van der Waals surface area (Å²) in [5, 5.41) is 11.2. The van der Waals surface area contributed by atoms with Crippen molar-refractivity contribution in [1.29, 1.82) is 0 Å². The molecule has 0 saturated heterocycles. The molecule has 0 aromatic carbocycles. The van der Waals surface area contributed by atoms with E-state index in [0.717, 1.165) is 30.1 Å². The van der Waals surface area contributed by atoms with E-state index in [9.17, 15) is 0 Å². The van der Waals surface area contributed by atoms with E-state index in [4.69, 9.17) is 0 Å². The minimum atomic E-state index is 0.652. The van der Waals surface area contributed by atoms with E-state index < -0.39 is 0 Å². The van der Waals surface area contributed by atoms with Crippen molar-refractivity contribution in [2.24, 2.45) is 0 Å². The summed E-state index contributed by atoms with van der Waals surface area (Å²) in [4.78, 5) is 8.97. The van der Waals surface area contributed by atoms with E-state index in [1.165, 1.54) is 18.7 Å². The standard InChI is InChI=1S/C13H15N7/c1-2-5-19-8-10(17-11(19)3-1)7-15-12-13-18-16-9-20(13)6-4-14-12/h4,6,8-9H,1-3,5,7H2,(H,14,15). The van der Waals surface area contributed by atoms with Crippen LogP contribution in [-0.4, -0.2) is 29.1 Å². The van der Waals surface area contributed by atoms with Crippen LogP contribution in [0.3, 0.4) is 0 Å². The summed E-state index contributed by atoms with van der Waals surface area (Å²) in [6.45, 7) is 1.74. The number of rotatable bonds is 3. The quantitative estimate of drug-likeness (QED) is 0.775. The molecule has 0 radical (unpaired) electrons. The Hall–Kier alpha value is -2.44. The SMILES string of the molecule is c1cn2cnnc2c(NCc2cn3c(n2)CCCC3)n1. The summed E-state index contributed by atoms with van der Waals surface area (Å²) in [5.41, 5.74) is 1.78. The molecule has 3 aromatic heterocycles. The fourth-order valence-electron chi connectivity index (χ4n) is 2.61. The largest absolute Gasteiger partial charge is 0.361 e. The maximum absolute atomic E-state index is 4.66. The van der Waals surface area contributed by atoms with Crippen molar-refractivity contribution < 1.29 is 0 Å². The molecule has 4 heterocycles. The van der Waals surface area contributed by atoms with Gasteiger partial charge in [0.2, 0.25) is 5.65 Å². The first-order valence-corrected chi connectivity index (χ1v) is 6.83. The molecular formula is C13H15N7. The van der Waals surface area contributed by atoms with E-state index in [2.05, 4.69) is 36.2 Å². The van der Waals surface area contributed by atoms with Crippen LogP contribution in [0, 0.1) is 0 Å². The van der Waals surface area contributed by atoms with Crippen LogP contribution in [0.5, 0.6) is 0 Å². The van der Waals surface area contributed by atoms with Gasteiger partial charge in [-0.05, 0) is 12.8 Å². The molecule has 3 aromatic rings. The molecule has 7 nitrogen and oxygen atoms in total. The summed E-state index contributed by atoms with van der Waals surface area (Å²) in [6, 6.07) is 0. The van der Waals surface area contributed by atoms with E-state index in [-0.39, 0.29) is 0 Å². The summed E-state index contributed by atoms with van der Waals surface area (Å²) in [7, 11) is 0. The number of nitrogens with zero attached hydrogens (tertiary/aromatic N) is 6. The lowest BCUT2D eigenvalue weighted by atomic mass is 10.2. The van der Waals surface area contributed by atoms with Gasteiger partial charge in [-0.25, -0.2) is 9.97 Å². The van der Waals surface area contributed by atoms with Crippen molar-refractivity contribution in [2.45, 2.75) is 32.4 Å². The van der Waals surface area contributed by atoms with Crippen LogP contribution in [0.15, 0.2) is 24.9 Å². The summed E-state index contributed by atoms with van der Waals surface area (Å²) in [6.07, 6.45) is 10.9. The van der Waals surface area contributed by atoms with Crippen LogP contribution < -0.4 is 5.32 Å². The molecule has 4 rings (SSSR count). The van der Waals surface area contributed by atoms with Gasteiger partial charge < -0.3 is 9.88 Å². The lowest BCUT2D eigenvalue weighted by molar-refractivity contribution is 0.522. The summed E-state index contributed by atoms with van der Waals surface area (Å²) >= 11 is 0. The van der Waals surface area contributed by atoms with Crippen molar-refractivity contribution in [3.05, 3.63) is 36.4 Å². The molecule has 0 fully saturated rings. The Morgan fingerprint density at radius 1 is 1.30 bits per heavy atom. The van der Waals surface area contributed by atoms with Gasteiger partial charge in [0.1, 0.15) is 12.2 Å². The van der Waals surface area contributed by atoms with Crippen LogP contribution in [0.4, 0.5) is 5.82 Å². The van der Waals surface area contributed by atoms with Gasteiger partial charge in [-0.2, -0.15) is 0 Å². The van der Waals surface area contributed by atoms with Gasteiger partial charge in [0.05, 0.1) is 12.2 Å². The first kappa shape index (κ1) is 11.4. The zero-order valence-corrected chi connectivity index (χ0v) is 11.0. The first-order valence-electron chi connectivity index (χ1n) is 6.83. The smallest absolute Gasteiger partial charge is 0.203 e. The van der Waals surface area contributed by atoms with Crippen LogP contribution in [0.25, 0.3) is 5.65 Å². The van der Waals surface area contributed by atoms with Gasteiger partial charge in [0, 0.05) is 31.6 Å². The number of imidazole rings is 1. The molecule has 1 N–H and O–H groups in total. The molecular weight excluding hydrogens is 254 g/mol. The average molecular weight is 269 g/mol. The van der Waals surface area contributed by atoms with Gasteiger partial charge >= 0.3 is 0 Å². The Morgan fingerprint density at radius 3 is 3.25 bits per heavy atom. The van der Waals surface area contributed by atoms with E-state index in [0.29, 0.717) is 6.54 Å². The van der Waals surface area contributed by atoms with E-state index >= 15 is 0 Å². The fourth-order valence-corrected chi connectivity index (χ4v) is 2.61. The predicted octanol–water partition coefficient (Wildman–Crippen LogP) is 1.27. The highest BCUT2D eigenvalue weighted by Gasteiger charge is 2.12. The maximum atomic E-state index is 4.66. The number of aromatic nitrogens is 6. The molecule has 0 aliphatic carbocycles. The Morgan fingerprint density at radius 2 is 2.30 bits per heavy atom. The molecule has 20 heavy (non-hydrogen) atoms. The van der Waals surface area contributed by atoms with E-state index in [1.54, 1.807) is 12.5 Å². The van der Waals surface area contributed by atoms with E-state index in [1.807, 2.05) is 10.6 Å². The van der Waals surface area contributed by atoms with Gasteiger partial charge in [0.25, 0.3) is 0 Å². The molecule has 0 saturated carbocycles. The number of nitrogens with one attached hydrogen (secondary N) is 1. The third-order valence-electron chi connectivity index (χ3n) is 3.61. The summed E-state index contributed by atoms with van der Waals surface area (Å²) < 4.78 is 4.10. The Labute approximate surface area is 115 Å². The second-order valence-electron chi connectivity index (χ2n) is 4.99. The van der Waals surface area contributed by atoms with Crippen LogP contribution in [-0.2, 0) is 19.5 Å². The Bertz CT molecular complexity index is 719. The lowest BCUT2D eigenvalue weighted by Crippen LogP contribution is -2.08. The van der Waals surface area contributed by atoms with Gasteiger partial charge in [0.15, 0.2) is 5.82 Å². The minimum Gasteiger partial charge on any atom is -0.361 e. The van der Waals surface area contributed by atoms with Gasteiger partial charge in [-0.3, -0.25) is 4.40 Å². The molecule has 0 bridgehead atoms. The monoisotopic (exact) mass is 269 g/mol. The van der Waals surface area contributed by atoms with Crippen molar-refractivity contribution in [1.82, 2.24) is 29.1 Å². The van der Waals surface area contributed by atoms with Crippen molar-refractivity contribution in [3.8, 4) is 0 Å². The van der Waals surface area contributed by atoms with Gasteiger partial charge in [-0.1, -0.05) is 0 Å². The molecule has 1 aliphatic heterocycles. The number of aryl methyl sites for hydroxylation is 2. The number of hydrogen-bond acceptors (Lipinski definition) is 5. The molecule has 7 heteroatoms. The molecule has 0 amide bonds. The topological polar surface area (TPSA) is 72.9 Å². The summed E-state index contributed by atoms with van der Waals surface area (Å²) in [5.74, 6) is 1.93. The van der Waals surface area contributed by atoms with Crippen molar-refractivity contribution in [3.63, 3.8) is 0 Å². The third kappa shape index (κ3) is 1.91. The Balaban J connectivity index is 1.55. The van der Waals surface area contributed by atoms with Crippen LogP contribution >= 0.6 is 0 Å². The Kier molecular flexibility index (Phi) is 2.61. The highest BCUT2D eigenvalue weighted by molar-refractivity contribution is 5.61. The fraction of sp³-hybridized carbons (Fsp3) is 0.385. The van der Waals surface area contributed by atoms with Crippen LogP contribution in [0.1, 0.15) is 24.4 Å². The normalized spacial score (nSPS) is 14.4. The highest BCUT2D eigenvalue weighted by atomic mass is 15.2. The third-order valence-corrected chi connectivity index (χ3v) is 3.61. The number of anilines is 1. The molecule has 0 unspecified atom stereocenters. The van der Waals surface area contributed by atoms with Crippen molar-refractivity contribution in [2.75, 3.05) is 5.32 Å². The maximum Gasteiger partial charge on any atom is 0.203 e. The second-order valence-corrected chi connectivity index (χ2v) is 4.99. The van der Waals surface area contributed by atoms with Gasteiger partial charge in [-0.15, -0.1) is 10.2 Å². The lowest BCUT2D eigenvalue weighted by Gasteiger charge is -2.11. The second kappa shape index (κ2) is 4.59. The number of hydrogen-bond donors (Lipinski definition) is 1. The molecule has 0 atom stereocenters.